The largest absolute Gasteiger partial charge is 0 e. The first-order chi connectivity index (χ1) is 26.4. The van der Waals surface area contributed by atoms with Gasteiger partial charge in [0.15, 0.2) is 0 Å². The van der Waals surface area contributed by atoms with E-state index in [1.54, 1.807) is 12.1 Å². The second-order valence-electron chi connectivity index (χ2n) is 13.9. The summed E-state index contributed by atoms with van der Waals surface area (Å²) in [6, 6.07) is 50.7. The number of hydrogen-bond donors (Lipinski definition) is 0. The fourth-order valence-electron chi connectivity index (χ4n) is 6.37. The number of para-hydroxylation sites is 2. The van der Waals surface area contributed by atoms with Crippen molar-refractivity contribution >= 4 is 50.8 Å². The maximum Gasteiger partial charge on any atom is 0 e. The van der Waals surface area contributed by atoms with Crippen molar-refractivity contribution in [2.24, 2.45) is 0 Å². The van der Waals surface area contributed by atoms with Crippen LogP contribution in [0.5, 0.6) is 0 Å². The number of fused-ring (bicyclic) bond motifs is 4. The van der Waals surface area contributed by atoms with Gasteiger partial charge in [0.2, 0.25) is 5.71 Å². The maximum atomic E-state index is 7.35. The molecular formula is C46H38GeIrN4O-2. The van der Waals surface area contributed by atoms with E-state index in [1.807, 2.05) is 61.7 Å². The monoisotopic (exact) mass is 932 g/mol. The number of aromatic nitrogens is 4. The van der Waals surface area contributed by atoms with Gasteiger partial charge >= 0.3 is 110 Å². The summed E-state index contributed by atoms with van der Waals surface area (Å²) in [5.41, 5.74) is 10.4. The topological polar surface area (TPSA) is 56.7 Å². The first-order valence-electron chi connectivity index (χ1n) is 18.8. The van der Waals surface area contributed by atoms with Gasteiger partial charge in [-0.1, -0.05) is 65.5 Å². The maximum absolute atomic E-state index is 7.35. The molecule has 0 unspecified atom stereocenters. The van der Waals surface area contributed by atoms with Crippen molar-refractivity contribution in [2.75, 3.05) is 0 Å². The van der Waals surface area contributed by atoms with Crippen LogP contribution in [0.2, 0.25) is 17.3 Å². The van der Waals surface area contributed by atoms with E-state index in [0.717, 1.165) is 67.0 Å². The Balaban J connectivity index is 0.000000197. The molecule has 7 heteroatoms. The number of benzene rings is 5. The van der Waals surface area contributed by atoms with Crippen molar-refractivity contribution in [3.8, 4) is 39.5 Å². The van der Waals surface area contributed by atoms with E-state index < -0.39 is 20.1 Å². The normalized spacial score (nSPS) is 12.4. The molecule has 0 atom stereocenters. The van der Waals surface area contributed by atoms with E-state index >= 15 is 0 Å². The molecular weight excluding hydrogens is 889 g/mol. The third-order valence-corrected chi connectivity index (χ3v) is 13.4. The van der Waals surface area contributed by atoms with Crippen molar-refractivity contribution in [3.63, 3.8) is 0 Å². The van der Waals surface area contributed by atoms with Gasteiger partial charge in [0.25, 0.3) is 0 Å². The minimum absolute atomic E-state index is 0. The van der Waals surface area contributed by atoms with Crippen LogP contribution in [-0.2, 0) is 20.1 Å². The third-order valence-electron chi connectivity index (χ3n) is 9.15. The summed E-state index contributed by atoms with van der Waals surface area (Å²) >= 11 is -1.83. The first-order valence-corrected chi connectivity index (χ1v) is 24.6. The smallest absolute Gasteiger partial charge is 0 e. The molecule has 9 rings (SSSR count). The standard InChI is InChI=1S/C31H20N3O.C15H18GeN.Ir/c1-20-17-18-25-24-13-8-14-26(29(24)35-31(25)32-20)30-33-27-15-5-6-16-28(27)34(30)23-12-7-11-22(19-23)21-9-3-2-4-10-21;1-12-5-7-13(8-6-12)15-10-9-14(11-17-15)16(2,3)4;/h2-13,15-19H,1H3;5-7,9-11H,1-4H3;/q2*-1;/i;1D3;. The zero-order valence-corrected chi connectivity index (χ0v) is 34.3. The van der Waals surface area contributed by atoms with Crippen molar-refractivity contribution < 1.29 is 28.6 Å². The minimum atomic E-state index is -2.08. The van der Waals surface area contributed by atoms with Crippen LogP contribution in [-0.4, -0.2) is 32.8 Å². The number of aryl methyl sites for hydroxylation is 2. The van der Waals surface area contributed by atoms with E-state index in [0.29, 0.717) is 11.3 Å². The first kappa shape index (κ1) is 32.5. The van der Waals surface area contributed by atoms with E-state index in [2.05, 4.69) is 111 Å². The van der Waals surface area contributed by atoms with Crippen molar-refractivity contribution in [3.05, 3.63) is 163 Å². The molecule has 1 radical (unpaired) electrons. The second-order valence-corrected chi connectivity index (χ2v) is 24.5. The summed E-state index contributed by atoms with van der Waals surface area (Å²) in [5.74, 6) is 7.77. The fourth-order valence-corrected chi connectivity index (χ4v) is 8.54. The molecule has 4 aromatic heterocycles. The van der Waals surface area contributed by atoms with Crippen LogP contribution >= 0.6 is 0 Å². The Morgan fingerprint density at radius 2 is 1.57 bits per heavy atom. The SMILES string of the molecule is Cc1ccc2c(n1)oc1c(-c3nc4ccccc4n3-c3cccc(-c4ccccc4)c3)[c-]ccc12.[2H]C([2H])([2H])c1c[c-]c(-c2cc[c]([Ge]([CH3])([CH3])[CH3])cn2)cc1.[Ir]. The van der Waals surface area contributed by atoms with Crippen LogP contribution in [0.3, 0.4) is 0 Å². The molecule has 0 aliphatic heterocycles. The summed E-state index contributed by atoms with van der Waals surface area (Å²) in [4.78, 5) is 14.1. The minimum Gasteiger partial charge on any atom is 0 e. The van der Waals surface area contributed by atoms with Gasteiger partial charge in [0, 0.05) is 36.9 Å². The van der Waals surface area contributed by atoms with Crippen LogP contribution in [0.4, 0.5) is 0 Å². The molecule has 53 heavy (non-hydrogen) atoms. The molecule has 0 N–H and O–H groups in total. The van der Waals surface area contributed by atoms with E-state index in [-0.39, 0.29) is 20.1 Å². The number of furan rings is 1. The molecule has 0 saturated heterocycles. The molecule has 0 fully saturated rings. The molecule has 5 nitrogen and oxygen atoms in total. The number of nitrogens with zero attached hydrogens (tertiary/aromatic N) is 4. The Kier molecular flexibility index (Phi) is 9.25. The summed E-state index contributed by atoms with van der Waals surface area (Å²) in [7, 11) is 0. The van der Waals surface area contributed by atoms with Crippen LogP contribution < -0.4 is 4.40 Å². The number of rotatable bonds is 5. The Hall–Kier alpha value is -5.14. The van der Waals surface area contributed by atoms with Gasteiger partial charge in [0.05, 0.1) is 22.4 Å². The molecule has 263 valence electrons. The van der Waals surface area contributed by atoms with Gasteiger partial charge in [-0.25, -0.2) is 4.98 Å². The van der Waals surface area contributed by atoms with E-state index in [9.17, 15) is 0 Å². The van der Waals surface area contributed by atoms with Crippen molar-refractivity contribution in [2.45, 2.75) is 31.0 Å². The molecule has 4 heterocycles. The Morgan fingerprint density at radius 1 is 0.755 bits per heavy atom. The molecule has 0 aliphatic carbocycles. The fraction of sp³-hybridized carbons (Fsp3) is 0.109. The second kappa shape index (κ2) is 15.1. The van der Waals surface area contributed by atoms with Crippen LogP contribution in [0.1, 0.15) is 15.4 Å². The summed E-state index contributed by atoms with van der Waals surface area (Å²) in [5, 5.41) is 2.01. The Bertz CT molecular complexity index is 2740. The number of imidazole rings is 1. The van der Waals surface area contributed by atoms with Crippen LogP contribution in [0.25, 0.3) is 72.6 Å². The predicted octanol–water partition coefficient (Wildman–Crippen LogP) is 11.2. The number of pyridine rings is 2. The number of hydrogen-bond acceptors (Lipinski definition) is 4. The van der Waals surface area contributed by atoms with E-state index in [1.165, 1.54) is 16.0 Å². The molecule has 0 aliphatic rings. The zero-order chi connectivity index (χ0) is 38.3. The molecule has 0 saturated carbocycles. The quantitative estimate of drug-likeness (QED) is 0.127. The summed E-state index contributed by atoms with van der Waals surface area (Å²) in [6.45, 7) is -0.106. The predicted molar refractivity (Wildman–Crippen MR) is 217 cm³/mol. The molecule has 0 bridgehead atoms. The van der Waals surface area contributed by atoms with Gasteiger partial charge in [0.1, 0.15) is 0 Å². The zero-order valence-electron chi connectivity index (χ0n) is 32.8. The molecule has 0 amide bonds. The van der Waals surface area contributed by atoms with Gasteiger partial charge < -0.3 is 8.98 Å². The average Bonchev–Trinajstić information content (AvgIpc) is 3.76. The summed E-state index contributed by atoms with van der Waals surface area (Å²) < 4.78 is 31.9. The average molecular weight is 931 g/mol. The van der Waals surface area contributed by atoms with Gasteiger partial charge in [-0.3, -0.25) is 4.98 Å². The molecule has 5 aromatic carbocycles. The Morgan fingerprint density at radius 3 is 2.32 bits per heavy atom. The van der Waals surface area contributed by atoms with Gasteiger partial charge in [-0.05, 0) is 54.4 Å². The molecule has 9 aromatic rings. The van der Waals surface area contributed by atoms with Crippen LogP contribution in [0.15, 0.2) is 144 Å². The van der Waals surface area contributed by atoms with Crippen LogP contribution in [0, 0.1) is 25.9 Å². The van der Waals surface area contributed by atoms with Crippen molar-refractivity contribution in [1.82, 2.24) is 19.5 Å². The Labute approximate surface area is 330 Å². The third kappa shape index (κ3) is 7.40. The van der Waals surface area contributed by atoms with Gasteiger partial charge in [-0.15, -0.1) is 18.2 Å². The molecule has 0 spiro atoms. The van der Waals surface area contributed by atoms with E-state index in [4.69, 9.17) is 13.5 Å². The van der Waals surface area contributed by atoms with Crippen molar-refractivity contribution in [1.29, 1.82) is 0 Å². The van der Waals surface area contributed by atoms with Gasteiger partial charge in [-0.2, -0.15) is 0 Å². The summed E-state index contributed by atoms with van der Waals surface area (Å²) in [6.07, 6.45) is 1.95.